The molecule has 0 amide bonds. The maximum atomic E-state index is 11.3. The fourth-order valence-electron chi connectivity index (χ4n) is 3.87. The highest BCUT2D eigenvalue weighted by Crippen LogP contribution is 2.44. The first kappa shape index (κ1) is 13.7. The van der Waals surface area contributed by atoms with Crippen LogP contribution in [-0.4, -0.2) is 26.8 Å². The van der Waals surface area contributed by atoms with Gasteiger partial charge in [0.25, 0.3) is 0 Å². The number of hydrogen-bond acceptors (Lipinski definition) is 5. The second-order valence-corrected chi connectivity index (χ2v) is 6.70. The molecule has 1 aromatic rings. The topological polar surface area (TPSA) is 87.5 Å². The predicted octanol–water partition coefficient (Wildman–Crippen LogP) is 2.64. The maximum Gasteiger partial charge on any atom is 0.306 e. The molecule has 4 fully saturated rings. The standard InChI is InChI=1S/C16H20N4O2/c21-16(22)12-7-11-4-3-10(12)8-13(11)19-20-15-14(9-1-2-9)17-5-6-18-15/h5-6,9-12H,1-4,7-8H2,(H,18,20)(H,21,22)/b19-13-/t10-,11-,12-/m1/s1. The number of hydrazone groups is 1. The summed E-state index contributed by atoms with van der Waals surface area (Å²) in [5.41, 5.74) is 5.22. The maximum absolute atomic E-state index is 11.3. The molecule has 4 saturated carbocycles. The minimum absolute atomic E-state index is 0.184. The van der Waals surface area contributed by atoms with Gasteiger partial charge in [-0.05, 0) is 50.4 Å². The van der Waals surface area contributed by atoms with Crippen molar-refractivity contribution in [3.05, 3.63) is 18.1 Å². The molecule has 5 rings (SSSR count). The van der Waals surface area contributed by atoms with Crippen LogP contribution >= 0.6 is 0 Å². The average Bonchev–Trinajstić information content (AvgIpc) is 3.38. The van der Waals surface area contributed by atoms with E-state index in [0.717, 1.165) is 42.9 Å². The molecule has 4 aliphatic carbocycles. The number of fused-ring (bicyclic) bond motifs is 3. The van der Waals surface area contributed by atoms with Gasteiger partial charge in [-0.25, -0.2) is 4.98 Å². The van der Waals surface area contributed by atoms with Crippen molar-refractivity contribution in [1.82, 2.24) is 9.97 Å². The van der Waals surface area contributed by atoms with Crippen LogP contribution in [0.1, 0.15) is 50.1 Å². The highest BCUT2D eigenvalue weighted by Gasteiger charge is 2.43. The third kappa shape index (κ3) is 2.46. The molecule has 2 bridgehead atoms. The minimum Gasteiger partial charge on any atom is -0.481 e. The molecule has 0 radical (unpaired) electrons. The number of nitrogens with zero attached hydrogens (tertiary/aromatic N) is 3. The van der Waals surface area contributed by atoms with Crippen molar-refractivity contribution in [3.63, 3.8) is 0 Å². The number of aromatic nitrogens is 2. The first-order valence-corrected chi connectivity index (χ1v) is 8.08. The SMILES string of the molecule is O=C(O)[C@@H]1C[C@H]2CC[C@@H]1C/C2=N/Nc1nccnc1C1CC1. The van der Waals surface area contributed by atoms with Gasteiger partial charge in [0.2, 0.25) is 0 Å². The van der Waals surface area contributed by atoms with E-state index < -0.39 is 5.97 Å². The molecule has 3 atom stereocenters. The molecular formula is C16H20N4O2. The van der Waals surface area contributed by atoms with Gasteiger partial charge in [0.15, 0.2) is 5.82 Å². The molecule has 0 unspecified atom stereocenters. The summed E-state index contributed by atoms with van der Waals surface area (Å²) in [6, 6.07) is 0. The molecular weight excluding hydrogens is 280 g/mol. The van der Waals surface area contributed by atoms with E-state index in [0.29, 0.717) is 11.8 Å². The van der Waals surface area contributed by atoms with E-state index in [2.05, 4.69) is 20.5 Å². The van der Waals surface area contributed by atoms with Gasteiger partial charge in [0.1, 0.15) is 0 Å². The largest absolute Gasteiger partial charge is 0.481 e. The number of carboxylic acids is 1. The Kier molecular flexibility index (Phi) is 3.32. The molecule has 0 saturated heterocycles. The second-order valence-electron chi connectivity index (χ2n) is 6.70. The molecule has 1 heterocycles. The van der Waals surface area contributed by atoms with Crippen LogP contribution in [0.4, 0.5) is 5.82 Å². The summed E-state index contributed by atoms with van der Waals surface area (Å²) in [7, 11) is 0. The molecule has 0 aliphatic heterocycles. The lowest BCUT2D eigenvalue weighted by atomic mass is 9.64. The Bertz CT molecular complexity index is 626. The highest BCUT2D eigenvalue weighted by molar-refractivity contribution is 5.90. The second kappa shape index (κ2) is 5.34. The minimum atomic E-state index is -0.647. The van der Waals surface area contributed by atoms with Crippen LogP contribution < -0.4 is 5.43 Å². The fourth-order valence-corrected chi connectivity index (χ4v) is 3.87. The molecule has 6 heteroatoms. The molecule has 22 heavy (non-hydrogen) atoms. The number of carbonyl (C=O) groups is 1. The van der Waals surface area contributed by atoms with E-state index in [-0.39, 0.29) is 11.8 Å². The number of hydrogen-bond donors (Lipinski definition) is 2. The Hall–Kier alpha value is -1.98. The Morgan fingerprint density at radius 3 is 2.64 bits per heavy atom. The van der Waals surface area contributed by atoms with Crippen molar-refractivity contribution in [3.8, 4) is 0 Å². The summed E-state index contributed by atoms with van der Waals surface area (Å²) in [4.78, 5) is 20.1. The van der Waals surface area contributed by atoms with Crippen LogP contribution in [0.2, 0.25) is 0 Å². The van der Waals surface area contributed by atoms with Crippen molar-refractivity contribution in [1.29, 1.82) is 0 Å². The Balaban J connectivity index is 1.50. The van der Waals surface area contributed by atoms with Crippen LogP contribution in [-0.2, 0) is 4.79 Å². The van der Waals surface area contributed by atoms with E-state index >= 15 is 0 Å². The molecule has 0 spiro atoms. The zero-order valence-corrected chi connectivity index (χ0v) is 12.4. The van der Waals surface area contributed by atoms with Gasteiger partial charge in [-0.1, -0.05) is 0 Å². The lowest BCUT2D eigenvalue weighted by Crippen LogP contribution is -2.41. The van der Waals surface area contributed by atoms with E-state index in [1.165, 1.54) is 12.8 Å². The number of carboxylic acid groups (broad SMARTS) is 1. The lowest BCUT2D eigenvalue weighted by Gasteiger charge is -2.41. The zero-order chi connectivity index (χ0) is 15.1. The molecule has 6 nitrogen and oxygen atoms in total. The van der Waals surface area contributed by atoms with E-state index in [1.807, 2.05) is 0 Å². The van der Waals surface area contributed by atoms with Gasteiger partial charge in [-0.15, -0.1) is 0 Å². The van der Waals surface area contributed by atoms with Crippen molar-refractivity contribution < 1.29 is 9.90 Å². The van der Waals surface area contributed by atoms with Crippen LogP contribution in [0, 0.1) is 17.8 Å². The lowest BCUT2D eigenvalue weighted by molar-refractivity contribution is -0.145. The van der Waals surface area contributed by atoms with Crippen LogP contribution in [0.3, 0.4) is 0 Å². The van der Waals surface area contributed by atoms with Gasteiger partial charge in [-0.3, -0.25) is 15.2 Å². The molecule has 116 valence electrons. The first-order valence-electron chi connectivity index (χ1n) is 8.08. The Morgan fingerprint density at radius 2 is 1.95 bits per heavy atom. The Labute approximate surface area is 129 Å². The van der Waals surface area contributed by atoms with Gasteiger partial charge >= 0.3 is 5.97 Å². The molecule has 2 N–H and O–H groups in total. The van der Waals surface area contributed by atoms with Crippen molar-refractivity contribution in [2.45, 2.75) is 44.4 Å². The number of rotatable bonds is 4. The monoisotopic (exact) mass is 300 g/mol. The molecule has 4 aliphatic rings. The highest BCUT2D eigenvalue weighted by atomic mass is 16.4. The van der Waals surface area contributed by atoms with Gasteiger partial charge in [0.05, 0.1) is 11.6 Å². The molecule has 1 aromatic heterocycles. The first-order chi connectivity index (χ1) is 10.7. The summed E-state index contributed by atoms with van der Waals surface area (Å²) >= 11 is 0. The van der Waals surface area contributed by atoms with Crippen molar-refractivity contribution >= 4 is 17.5 Å². The number of nitrogens with one attached hydrogen (secondary N) is 1. The summed E-state index contributed by atoms with van der Waals surface area (Å²) in [5.74, 6) is 1.000. The number of aliphatic carboxylic acids is 1. The summed E-state index contributed by atoms with van der Waals surface area (Å²) in [6.07, 6.45) is 9.37. The van der Waals surface area contributed by atoms with Crippen LogP contribution in [0.5, 0.6) is 0 Å². The van der Waals surface area contributed by atoms with Gasteiger partial charge in [0, 0.05) is 24.0 Å². The quantitative estimate of drug-likeness (QED) is 0.835. The van der Waals surface area contributed by atoms with Crippen LogP contribution in [0.25, 0.3) is 0 Å². The zero-order valence-electron chi connectivity index (χ0n) is 12.4. The third-order valence-corrected chi connectivity index (χ3v) is 5.25. The van der Waals surface area contributed by atoms with Crippen LogP contribution in [0.15, 0.2) is 17.5 Å². The van der Waals surface area contributed by atoms with Crippen molar-refractivity contribution in [2.75, 3.05) is 5.43 Å². The van der Waals surface area contributed by atoms with E-state index in [4.69, 9.17) is 0 Å². The summed E-state index contributed by atoms with van der Waals surface area (Å²) < 4.78 is 0. The molecule has 0 aromatic carbocycles. The van der Waals surface area contributed by atoms with Crippen molar-refractivity contribution in [2.24, 2.45) is 22.9 Å². The Morgan fingerprint density at radius 1 is 1.18 bits per heavy atom. The normalized spacial score (nSPS) is 32.2. The van der Waals surface area contributed by atoms with E-state index in [9.17, 15) is 9.90 Å². The smallest absolute Gasteiger partial charge is 0.306 e. The van der Waals surface area contributed by atoms with Gasteiger partial charge in [-0.2, -0.15) is 5.10 Å². The van der Waals surface area contributed by atoms with Gasteiger partial charge < -0.3 is 5.11 Å². The summed E-state index contributed by atoms with van der Waals surface area (Å²) in [5, 5.41) is 13.9. The summed E-state index contributed by atoms with van der Waals surface area (Å²) in [6.45, 7) is 0. The average molecular weight is 300 g/mol. The predicted molar refractivity (Wildman–Crippen MR) is 81.6 cm³/mol. The number of anilines is 1. The third-order valence-electron chi connectivity index (χ3n) is 5.25. The van der Waals surface area contributed by atoms with E-state index in [1.54, 1.807) is 12.4 Å². The fraction of sp³-hybridized carbons (Fsp3) is 0.625.